The minimum absolute atomic E-state index is 0.197. The van der Waals surface area contributed by atoms with Gasteiger partial charge in [0.05, 0.1) is 6.61 Å². The van der Waals surface area contributed by atoms with Gasteiger partial charge in [-0.15, -0.1) is 0 Å². The third kappa shape index (κ3) is 3.21. The van der Waals surface area contributed by atoms with E-state index in [1.807, 2.05) is 26.8 Å². The molecule has 0 bridgehead atoms. The van der Waals surface area contributed by atoms with Gasteiger partial charge in [0.25, 0.3) is 0 Å². The van der Waals surface area contributed by atoms with Crippen LogP contribution in [-0.2, 0) is 0 Å². The Bertz CT molecular complexity index is 369. The van der Waals surface area contributed by atoms with Crippen molar-refractivity contribution < 1.29 is 4.74 Å². The van der Waals surface area contributed by atoms with Crippen molar-refractivity contribution in [2.45, 2.75) is 33.1 Å². The topological polar surface area (TPSA) is 58.8 Å². The molecule has 0 aromatic carbocycles. The lowest BCUT2D eigenvalue weighted by atomic mass is 10.2. The molecular formula is C11H15N3O. The second kappa shape index (κ2) is 5.30. The first-order valence-corrected chi connectivity index (χ1v) is 5.09. The summed E-state index contributed by atoms with van der Waals surface area (Å²) in [6.07, 6.45) is 0.920. The van der Waals surface area contributed by atoms with E-state index in [1.165, 1.54) is 0 Å². The van der Waals surface area contributed by atoms with E-state index in [4.69, 9.17) is 10.00 Å². The van der Waals surface area contributed by atoms with Crippen LogP contribution in [0.15, 0.2) is 6.07 Å². The smallest absolute Gasteiger partial charge is 0.217 e. The Labute approximate surface area is 89.9 Å². The van der Waals surface area contributed by atoms with E-state index < -0.39 is 0 Å². The summed E-state index contributed by atoms with van der Waals surface area (Å²) in [6, 6.07) is 3.58. The Morgan fingerprint density at radius 3 is 2.73 bits per heavy atom. The van der Waals surface area contributed by atoms with Gasteiger partial charge >= 0.3 is 0 Å². The molecule has 0 aliphatic rings. The lowest BCUT2D eigenvalue weighted by Gasteiger charge is -2.07. The van der Waals surface area contributed by atoms with E-state index in [9.17, 15) is 0 Å². The van der Waals surface area contributed by atoms with Crippen LogP contribution >= 0.6 is 0 Å². The molecule has 1 aromatic rings. The van der Waals surface area contributed by atoms with Gasteiger partial charge in [-0.1, -0.05) is 20.8 Å². The van der Waals surface area contributed by atoms with E-state index >= 15 is 0 Å². The van der Waals surface area contributed by atoms with Crippen LogP contribution in [0.25, 0.3) is 0 Å². The molecule has 0 radical (unpaired) electrons. The molecule has 15 heavy (non-hydrogen) atoms. The Hall–Kier alpha value is -1.63. The molecule has 0 saturated carbocycles. The quantitative estimate of drug-likeness (QED) is 0.756. The second-order valence-electron chi connectivity index (χ2n) is 3.56. The molecule has 1 rings (SSSR count). The van der Waals surface area contributed by atoms with E-state index in [1.54, 1.807) is 6.07 Å². The highest BCUT2D eigenvalue weighted by atomic mass is 16.5. The maximum Gasteiger partial charge on any atom is 0.217 e. The molecule has 1 aromatic heterocycles. The van der Waals surface area contributed by atoms with E-state index in [-0.39, 0.29) is 5.92 Å². The summed E-state index contributed by atoms with van der Waals surface area (Å²) in [5.41, 5.74) is 0.361. The Morgan fingerprint density at radius 1 is 1.47 bits per heavy atom. The van der Waals surface area contributed by atoms with Gasteiger partial charge in [-0.3, -0.25) is 0 Å². The van der Waals surface area contributed by atoms with Crippen LogP contribution in [0.3, 0.4) is 0 Å². The predicted molar refractivity (Wildman–Crippen MR) is 56.6 cm³/mol. The monoisotopic (exact) mass is 205 g/mol. The molecule has 1 heterocycles. The number of ether oxygens (including phenoxy) is 1. The fourth-order valence-electron chi connectivity index (χ4n) is 1.04. The van der Waals surface area contributed by atoms with Crippen molar-refractivity contribution in [1.29, 1.82) is 5.26 Å². The maximum atomic E-state index is 8.80. The van der Waals surface area contributed by atoms with E-state index in [0.717, 1.165) is 6.42 Å². The Balaban J connectivity index is 2.96. The number of nitrogens with zero attached hydrogens (tertiary/aromatic N) is 3. The van der Waals surface area contributed by atoms with E-state index in [2.05, 4.69) is 9.97 Å². The van der Waals surface area contributed by atoms with Gasteiger partial charge in [0.15, 0.2) is 0 Å². The molecule has 0 N–H and O–H groups in total. The minimum atomic E-state index is 0.197. The van der Waals surface area contributed by atoms with Gasteiger partial charge in [-0.05, 0) is 6.42 Å². The van der Waals surface area contributed by atoms with Gasteiger partial charge in [-0.25, -0.2) is 4.98 Å². The van der Waals surface area contributed by atoms with Gasteiger partial charge < -0.3 is 4.74 Å². The highest BCUT2D eigenvalue weighted by molar-refractivity contribution is 5.26. The summed E-state index contributed by atoms with van der Waals surface area (Å²) in [4.78, 5) is 8.34. The van der Waals surface area contributed by atoms with Crippen LogP contribution in [0, 0.1) is 11.3 Å². The predicted octanol–water partition coefficient (Wildman–Crippen LogP) is 2.26. The number of hydrogen-bond donors (Lipinski definition) is 0. The second-order valence-corrected chi connectivity index (χ2v) is 3.56. The van der Waals surface area contributed by atoms with Crippen molar-refractivity contribution in [3.63, 3.8) is 0 Å². The SMILES string of the molecule is CCCOc1cc(C#N)nc(C(C)C)n1. The molecule has 0 unspecified atom stereocenters. The number of hydrogen-bond acceptors (Lipinski definition) is 4. The van der Waals surface area contributed by atoms with Crippen LogP contribution in [0.1, 0.15) is 44.6 Å². The Kier molecular flexibility index (Phi) is 4.04. The summed E-state index contributed by atoms with van der Waals surface area (Å²) in [6.45, 7) is 6.61. The standard InChI is InChI=1S/C11H15N3O/c1-4-5-15-10-6-9(7-12)13-11(14-10)8(2)3/h6,8H,4-5H2,1-3H3. The maximum absolute atomic E-state index is 8.80. The van der Waals surface area contributed by atoms with Crippen LogP contribution in [0.2, 0.25) is 0 Å². The molecule has 4 nitrogen and oxygen atoms in total. The van der Waals surface area contributed by atoms with Crippen LogP contribution in [-0.4, -0.2) is 16.6 Å². The first-order valence-electron chi connectivity index (χ1n) is 5.09. The molecule has 80 valence electrons. The van der Waals surface area contributed by atoms with Crippen molar-refractivity contribution in [3.05, 3.63) is 17.6 Å². The summed E-state index contributed by atoms with van der Waals surface area (Å²) in [5.74, 6) is 1.34. The lowest BCUT2D eigenvalue weighted by Crippen LogP contribution is -2.04. The lowest BCUT2D eigenvalue weighted by molar-refractivity contribution is 0.303. The summed E-state index contributed by atoms with van der Waals surface area (Å²) >= 11 is 0. The molecule has 0 amide bonds. The molecule has 0 fully saturated rings. The number of aromatic nitrogens is 2. The molecule has 0 saturated heterocycles. The first-order chi connectivity index (χ1) is 7.17. The van der Waals surface area contributed by atoms with Gasteiger partial charge in [-0.2, -0.15) is 10.2 Å². The summed E-state index contributed by atoms with van der Waals surface area (Å²) in [5, 5.41) is 8.80. The molecule has 4 heteroatoms. The van der Waals surface area contributed by atoms with Crippen molar-refractivity contribution in [2.75, 3.05) is 6.61 Å². The summed E-state index contributed by atoms with van der Waals surface area (Å²) in [7, 11) is 0. The molecular weight excluding hydrogens is 190 g/mol. The highest BCUT2D eigenvalue weighted by Gasteiger charge is 2.08. The van der Waals surface area contributed by atoms with Crippen molar-refractivity contribution >= 4 is 0 Å². The minimum Gasteiger partial charge on any atom is -0.478 e. The van der Waals surface area contributed by atoms with Crippen molar-refractivity contribution in [2.24, 2.45) is 0 Å². The van der Waals surface area contributed by atoms with E-state index in [0.29, 0.717) is 24.0 Å². The zero-order valence-corrected chi connectivity index (χ0v) is 9.32. The molecule has 0 aliphatic heterocycles. The largest absolute Gasteiger partial charge is 0.478 e. The average molecular weight is 205 g/mol. The highest BCUT2D eigenvalue weighted by Crippen LogP contribution is 2.15. The average Bonchev–Trinajstić information content (AvgIpc) is 2.25. The van der Waals surface area contributed by atoms with Crippen molar-refractivity contribution in [1.82, 2.24) is 9.97 Å². The normalized spacial score (nSPS) is 10.1. The first kappa shape index (κ1) is 11.4. The Morgan fingerprint density at radius 2 is 2.20 bits per heavy atom. The van der Waals surface area contributed by atoms with Gasteiger partial charge in [0, 0.05) is 12.0 Å². The summed E-state index contributed by atoms with van der Waals surface area (Å²) < 4.78 is 5.39. The number of nitriles is 1. The van der Waals surface area contributed by atoms with Crippen molar-refractivity contribution in [3.8, 4) is 11.9 Å². The zero-order valence-electron chi connectivity index (χ0n) is 9.32. The third-order valence-electron chi connectivity index (χ3n) is 1.80. The third-order valence-corrected chi connectivity index (χ3v) is 1.80. The molecule has 0 aliphatic carbocycles. The zero-order chi connectivity index (χ0) is 11.3. The van der Waals surface area contributed by atoms with Crippen LogP contribution in [0.5, 0.6) is 5.88 Å². The number of rotatable bonds is 4. The molecule has 0 atom stereocenters. The van der Waals surface area contributed by atoms with Gasteiger partial charge in [0.1, 0.15) is 17.6 Å². The molecule has 0 spiro atoms. The van der Waals surface area contributed by atoms with Crippen LogP contribution in [0.4, 0.5) is 0 Å². The fraction of sp³-hybridized carbons (Fsp3) is 0.545. The van der Waals surface area contributed by atoms with Crippen LogP contribution < -0.4 is 4.74 Å². The fourth-order valence-corrected chi connectivity index (χ4v) is 1.04. The van der Waals surface area contributed by atoms with Gasteiger partial charge in [0.2, 0.25) is 5.88 Å².